The normalized spacial score (nSPS) is 14.8. The Bertz CT molecular complexity index is 686. The number of benzene rings is 1. The van der Waals surface area contributed by atoms with E-state index in [4.69, 9.17) is 0 Å². The van der Waals surface area contributed by atoms with Gasteiger partial charge in [0.2, 0.25) is 17.7 Å². The first-order chi connectivity index (χ1) is 11.6. The molecule has 25 heavy (non-hydrogen) atoms. The number of carbonyl (C=O) groups is 3. The van der Waals surface area contributed by atoms with Gasteiger partial charge < -0.3 is 10.2 Å². The molecule has 6 nitrogen and oxygen atoms in total. The van der Waals surface area contributed by atoms with Crippen LogP contribution < -0.4 is 10.2 Å². The molecule has 1 N–H and O–H groups in total. The maximum absolute atomic E-state index is 12.9. The summed E-state index contributed by atoms with van der Waals surface area (Å²) in [5.74, 6) is -1.26. The van der Waals surface area contributed by atoms with Crippen LogP contribution in [0.25, 0.3) is 0 Å². The van der Waals surface area contributed by atoms with Gasteiger partial charge in [0.05, 0.1) is 16.9 Å². The molecule has 0 saturated carbocycles. The number of amides is 3. The lowest BCUT2D eigenvalue weighted by molar-refractivity contribution is -0.139. The van der Waals surface area contributed by atoms with E-state index in [-0.39, 0.29) is 43.3 Å². The van der Waals surface area contributed by atoms with Gasteiger partial charge in [0.15, 0.2) is 0 Å². The van der Waals surface area contributed by atoms with Gasteiger partial charge in [0.25, 0.3) is 0 Å². The van der Waals surface area contributed by atoms with Crippen molar-refractivity contribution in [2.45, 2.75) is 25.4 Å². The minimum Gasteiger partial charge on any atom is -0.376 e. The van der Waals surface area contributed by atoms with Crippen LogP contribution in [-0.2, 0) is 20.6 Å². The molecule has 9 heteroatoms. The highest BCUT2D eigenvalue weighted by atomic mass is 19.4. The van der Waals surface area contributed by atoms with E-state index in [1.807, 2.05) is 0 Å². The number of alkyl halides is 3. The van der Waals surface area contributed by atoms with Gasteiger partial charge in [-0.25, -0.2) is 0 Å². The summed E-state index contributed by atoms with van der Waals surface area (Å²) in [7, 11) is 3.28. The Kier molecular flexibility index (Phi) is 5.34. The van der Waals surface area contributed by atoms with Crippen molar-refractivity contribution in [3.05, 3.63) is 23.8 Å². The number of halogens is 3. The average Bonchev–Trinajstić information content (AvgIpc) is 2.82. The molecule has 0 atom stereocenters. The fourth-order valence-electron chi connectivity index (χ4n) is 2.50. The van der Waals surface area contributed by atoms with E-state index in [2.05, 4.69) is 5.32 Å². The highest BCUT2D eigenvalue weighted by molar-refractivity contribution is 6.02. The van der Waals surface area contributed by atoms with Crippen molar-refractivity contribution in [1.29, 1.82) is 0 Å². The first-order valence-corrected chi connectivity index (χ1v) is 7.61. The summed E-state index contributed by atoms with van der Waals surface area (Å²) < 4.78 is 38.6. The van der Waals surface area contributed by atoms with Crippen LogP contribution in [0.3, 0.4) is 0 Å². The van der Waals surface area contributed by atoms with E-state index in [1.165, 1.54) is 6.07 Å². The SMILES string of the molecule is CN(C)c1ccc(C(F)(F)F)cc1NC(=O)CCN1C(=O)CCC1=O. The fourth-order valence-corrected chi connectivity index (χ4v) is 2.50. The van der Waals surface area contributed by atoms with Crippen molar-refractivity contribution in [2.75, 3.05) is 30.9 Å². The molecule has 1 aliphatic heterocycles. The van der Waals surface area contributed by atoms with Crippen LogP contribution in [0.4, 0.5) is 24.5 Å². The average molecular weight is 357 g/mol. The van der Waals surface area contributed by atoms with Gasteiger partial charge in [-0.2, -0.15) is 13.2 Å². The minimum absolute atomic E-state index is 0.0175. The Labute approximate surface area is 142 Å². The molecular formula is C16H18F3N3O3. The molecule has 3 amide bonds. The van der Waals surface area contributed by atoms with Gasteiger partial charge in [-0.05, 0) is 18.2 Å². The summed E-state index contributed by atoms with van der Waals surface area (Å²) in [6.07, 6.45) is -4.46. The first kappa shape index (κ1) is 18.8. The maximum Gasteiger partial charge on any atom is 0.416 e. The molecule has 0 bridgehead atoms. The second-order valence-corrected chi connectivity index (χ2v) is 5.86. The molecule has 0 spiro atoms. The van der Waals surface area contributed by atoms with Crippen LogP contribution in [0, 0.1) is 0 Å². The largest absolute Gasteiger partial charge is 0.416 e. The molecule has 136 valence electrons. The van der Waals surface area contributed by atoms with Gasteiger partial charge >= 0.3 is 6.18 Å². The molecule has 1 aliphatic rings. The number of imide groups is 1. The zero-order chi connectivity index (χ0) is 18.8. The highest BCUT2D eigenvalue weighted by Crippen LogP contribution is 2.35. The quantitative estimate of drug-likeness (QED) is 0.821. The summed E-state index contributed by atoms with van der Waals surface area (Å²) in [4.78, 5) is 37.6. The molecule has 1 aromatic carbocycles. The fraction of sp³-hybridized carbons (Fsp3) is 0.438. The van der Waals surface area contributed by atoms with E-state index < -0.39 is 17.6 Å². The monoisotopic (exact) mass is 357 g/mol. The maximum atomic E-state index is 12.9. The zero-order valence-electron chi connectivity index (χ0n) is 13.8. The molecule has 0 aliphatic carbocycles. The Hall–Kier alpha value is -2.58. The number of nitrogens with zero attached hydrogens (tertiary/aromatic N) is 2. The van der Waals surface area contributed by atoms with Crippen molar-refractivity contribution < 1.29 is 27.6 Å². The van der Waals surface area contributed by atoms with Gasteiger partial charge in [-0.3, -0.25) is 19.3 Å². The lowest BCUT2D eigenvalue weighted by Crippen LogP contribution is -2.32. The lowest BCUT2D eigenvalue weighted by atomic mass is 10.1. The lowest BCUT2D eigenvalue weighted by Gasteiger charge is -2.20. The highest BCUT2D eigenvalue weighted by Gasteiger charge is 2.32. The predicted molar refractivity (Wildman–Crippen MR) is 85.0 cm³/mol. The Morgan fingerprint density at radius 3 is 2.32 bits per heavy atom. The van der Waals surface area contributed by atoms with Crippen LogP contribution in [0.2, 0.25) is 0 Å². The minimum atomic E-state index is -4.53. The van der Waals surface area contributed by atoms with E-state index in [0.717, 1.165) is 17.0 Å². The summed E-state index contributed by atoms with van der Waals surface area (Å²) in [5.41, 5.74) is -0.447. The number of nitrogens with one attached hydrogen (secondary N) is 1. The number of carbonyl (C=O) groups excluding carboxylic acids is 3. The van der Waals surface area contributed by atoms with Gasteiger partial charge in [-0.15, -0.1) is 0 Å². The first-order valence-electron chi connectivity index (χ1n) is 7.61. The number of likely N-dealkylation sites (tertiary alicyclic amines) is 1. The number of hydrogen-bond donors (Lipinski definition) is 1. The molecule has 0 radical (unpaired) electrons. The second-order valence-electron chi connectivity index (χ2n) is 5.86. The van der Waals surface area contributed by atoms with Crippen LogP contribution >= 0.6 is 0 Å². The van der Waals surface area contributed by atoms with E-state index in [9.17, 15) is 27.6 Å². The topological polar surface area (TPSA) is 69.7 Å². The van der Waals surface area contributed by atoms with Gasteiger partial charge in [0, 0.05) is 39.9 Å². The van der Waals surface area contributed by atoms with Gasteiger partial charge in [0.1, 0.15) is 0 Å². The van der Waals surface area contributed by atoms with Crippen molar-refractivity contribution >= 4 is 29.1 Å². The van der Waals surface area contributed by atoms with E-state index >= 15 is 0 Å². The summed E-state index contributed by atoms with van der Waals surface area (Å²) in [6, 6.07) is 3.07. The second kappa shape index (κ2) is 7.12. The predicted octanol–water partition coefficient (Wildman–Crippen LogP) is 2.25. The standard InChI is InChI=1S/C16H18F3N3O3/c1-21(2)12-4-3-10(16(17,18)19)9-11(12)20-13(23)7-8-22-14(24)5-6-15(22)25/h3-4,9H,5-8H2,1-2H3,(H,20,23). The van der Waals surface area contributed by atoms with Crippen molar-refractivity contribution in [3.63, 3.8) is 0 Å². The van der Waals surface area contributed by atoms with Crippen molar-refractivity contribution in [2.24, 2.45) is 0 Å². The summed E-state index contributed by atoms with van der Waals surface area (Å²) >= 11 is 0. The molecule has 0 aromatic heterocycles. The number of anilines is 2. The molecule has 0 unspecified atom stereocenters. The van der Waals surface area contributed by atoms with Crippen molar-refractivity contribution in [3.8, 4) is 0 Å². The van der Waals surface area contributed by atoms with Crippen LogP contribution in [0.15, 0.2) is 18.2 Å². The Balaban J connectivity index is 2.10. The number of hydrogen-bond acceptors (Lipinski definition) is 4. The van der Waals surface area contributed by atoms with Crippen LogP contribution in [0.1, 0.15) is 24.8 Å². The molecule has 1 fully saturated rings. The summed E-state index contributed by atoms with van der Waals surface area (Å²) in [5, 5.41) is 2.43. The Morgan fingerprint density at radius 2 is 1.80 bits per heavy atom. The molecule has 2 rings (SSSR count). The third kappa shape index (κ3) is 4.49. The third-order valence-corrected chi connectivity index (χ3v) is 3.80. The van der Waals surface area contributed by atoms with E-state index in [0.29, 0.717) is 5.69 Å². The smallest absolute Gasteiger partial charge is 0.376 e. The van der Waals surface area contributed by atoms with Crippen molar-refractivity contribution in [1.82, 2.24) is 4.90 Å². The van der Waals surface area contributed by atoms with Crippen LogP contribution in [-0.4, -0.2) is 43.3 Å². The third-order valence-electron chi connectivity index (χ3n) is 3.80. The van der Waals surface area contributed by atoms with Crippen LogP contribution in [0.5, 0.6) is 0 Å². The van der Waals surface area contributed by atoms with E-state index in [1.54, 1.807) is 19.0 Å². The number of rotatable bonds is 5. The Morgan fingerprint density at radius 1 is 1.20 bits per heavy atom. The summed E-state index contributed by atoms with van der Waals surface area (Å²) in [6.45, 7) is -0.0836. The molecule has 1 saturated heterocycles. The molecular weight excluding hydrogens is 339 g/mol. The van der Waals surface area contributed by atoms with Gasteiger partial charge in [-0.1, -0.05) is 0 Å². The molecule has 1 aromatic rings. The zero-order valence-corrected chi connectivity index (χ0v) is 13.8. The molecule has 1 heterocycles.